The number of sulfonamides is 1. The third-order valence-electron chi connectivity index (χ3n) is 5.15. The number of aryl methyl sites for hydroxylation is 1. The van der Waals surface area contributed by atoms with Crippen molar-refractivity contribution in [2.75, 3.05) is 17.9 Å². The summed E-state index contributed by atoms with van der Waals surface area (Å²) < 4.78 is 30.7. The third kappa shape index (κ3) is 6.85. The Bertz CT molecular complexity index is 1330. The molecule has 6 N–H and O–H groups in total. The number of aromatic nitrogens is 1. The molecule has 0 radical (unpaired) electrons. The van der Waals surface area contributed by atoms with Crippen LogP contribution in [-0.4, -0.2) is 38.0 Å². The number of benzene rings is 2. The molecule has 2 aromatic carbocycles. The molecular formula is C24H28N6O5S. The van der Waals surface area contributed by atoms with Crippen molar-refractivity contribution in [3.8, 4) is 0 Å². The van der Waals surface area contributed by atoms with E-state index >= 15 is 0 Å². The van der Waals surface area contributed by atoms with Crippen LogP contribution in [0.4, 0.5) is 5.69 Å². The lowest BCUT2D eigenvalue weighted by molar-refractivity contribution is -0.122. The highest BCUT2D eigenvalue weighted by Gasteiger charge is 2.30. The van der Waals surface area contributed by atoms with Crippen LogP contribution < -0.4 is 27.1 Å². The number of oxime groups is 1. The summed E-state index contributed by atoms with van der Waals surface area (Å²) in [6.45, 7) is 1.46. The molecule has 0 aliphatic heterocycles. The van der Waals surface area contributed by atoms with Crippen LogP contribution in [0, 0.1) is 6.92 Å². The van der Waals surface area contributed by atoms with Crippen molar-refractivity contribution in [3.05, 3.63) is 100.0 Å². The Morgan fingerprint density at radius 1 is 1.00 bits per heavy atom. The number of carbonyl (C=O) groups excluding carboxylic acids is 1. The number of nitrogens with zero attached hydrogens (tertiary/aromatic N) is 2. The molecule has 0 aliphatic carbocycles. The third-order valence-corrected chi connectivity index (χ3v) is 6.82. The molecule has 190 valence electrons. The quantitative estimate of drug-likeness (QED) is 0.128. The summed E-state index contributed by atoms with van der Waals surface area (Å²) in [7, 11) is -4.10. The Labute approximate surface area is 208 Å². The van der Waals surface area contributed by atoms with Gasteiger partial charge in [-0.2, -0.15) is 0 Å². The number of amides is 1. The van der Waals surface area contributed by atoms with Gasteiger partial charge in [-0.05, 0) is 35.3 Å². The molecule has 3 rings (SSSR count). The van der Waals surface area contributed by atoms with Crippen molar-refractivity contribution in [2.45, 2.75) is 18.7 Å². The maximum absolute atomic E-state index is 13.5. The number of anilines is 1. The number of pyridine rings is 1. The molecule has 0 unspecified atom stereocenters. The standard InChI is InChI=1S/C24H28N6O5S/c1-17-12-13-20(23(32)30(17)16-21(31)27-14-15-35-28-24(25)26)29-36(33,34)22(18-8-4-2-5-9-18)19-10-6-3-7-11-19/h2-13,22,29H,14-16H2,1H3,(H,27,31)(H4,25,26,28). The first-order chi connectivity index (χ1) is 17.2. The predicted octanol–water partition coefficient (Wildman–Crippen LogP) is 1.01. The van der Waals surface area contributed by atoms with Crippen molar-refractivity contribution in [3.63, 3.8) is 0 Å². The molecule has 0 aliphatic rings. The van der Waals surface area contributed by atoms with E-state index in [9.17, 15) is 18.0 Å². The van der Waals surface area contributed by atoms with Crippen molar-refractivity contribution < 1.29 is 18.0 Å². The monoisotopic (exact) mass is 512 g/mol. The van der Waals surface area contributed by atoms with E-state index in [4.69, 9.17) is 16.3 Å². The van der Waals surface area contributed by atoms with E-state index in [0.717, 1.165) is 0 Å². The molecule has 0 fully saturated rings. The Balaban J connectivity index is 1.83. The van der Waals surface area contributed by atoms with Crippen LogP contribution in [0.1, 0.15) is 22.1 Å². The maximum atomic E-state index is 13.5. The fourth-order valence-electron chi connectivity index (χ4n) is 3.52. The second-order valence-corrected chi connectivity index (χ2v) is 9.59. The molecule has 0 atom stereocenters. The second-order valence-electron chi connectivity index (χ2n) is 7.83. The number of nitrogens with two attached hydrogens (primary N) is 2. The van der Waals surface area contributed by atoms with Gasteiger partial charge >= 0.3 is 0 Å². The fraction of sp³-hybridized carbons (Fsp3) is 0.208. The topological polar surface area (TPSA) is 171 Å². The van der Waals surface area contributed by atoms with Crippen LogP contribution in [0.3, 0.4) is 0 Å². The average Bonchev–Trinajstić information content (AvgIpc) is 2.84. The predicted molar refractivity (Wildman–Crippen MR) is 137 cm³/mol. The zero-order valence-electron chi connectivity index (χ0n) is 19.6. The van der Waals surface area contributed by atoms with Gasteiger partial charge in [0, 0.05) is 5.69 Å². The molecule has 0 saturated carbocycles. The van der Waals surface area contributed by atoms with Gasteiger partial charge in [0.2, 0.25) is 21.9 Å². The highest BCUT2D eigenvalue weighted by molar-refractivity contribution is 7.93. The normalized spacial score (nSPS) is 11.1. The van der Waals surface area contributed by atoms with Crippen molar-refractivity contribution in [2.24, 2.45) is 16.6 Å². The van der Waals surface area contributed by atoms with Crippen LogP contribution in [-0.2, 0) is 26.2 Å². The number of hydrogen-bond donors (Lipinski definition) is 4. The molecule has 1 amide bonds. The SMILES string of the molecule is Cc1ccc(NS(=O)(=O)C(c2ccccc2)c2ccccc2)c(=O)n1CC(=O)NCCON=C(N)N. The number of guanidine groups is 1. The number of rotatable bonds is 11. The Hall–Kier alpha value is -4.32. The summed E-state index contributed by atoms with van der Waals surface area (Å²) in [5.41, 5.74) is 11.0. The molecule has 0 spiro atoms. The van der Waals surface area contributed by atoms with Gasteiger partial charge in [0.25, 0.3) is 5.56 Å². The lowest BCUT2D eigenvalue weighted by Crippen LogP contribution is -2.36. The first-order valence-corrected chi connectivity index (χ1v) is 12.5. The largest absolute Gasteiger partial charge is 0.391 e. The van der Waals surface area contributed by atoms with Gasteiger partial charge in [0.1, 0.15) is 24.1 Å². The second kappa shape index (κ2) is 11.9. The molecule has 1 aromatic heterocycles. The van der Waals surface area contributed by atoms with Gasteiger partial charge in [0.05, 0.1) is 6.54 Å². The molecule has 36 heavy (non-hydrogen) atoms. The van der Waals surface area contributed by atoms with Crippen molar-refractivity contribution >= 4 is 27.6 Å². The van der Waals surface area contributed by atoms with Crippen LogP contribution >= 0.6 is 0 Å². The first kappa shape index (κ1) is 26.3. The maximum Gasteiger partial charge on any atom is 0.275 e. The fourth-order valence-corrected chi connectivity index (χ4v) is 5.13. The number of nitrogens with one attached hydrogen (secondary N) is 2. The van der Waals surface area contributed by atoms with Gasteiger partial charge in [-0.15, -0.1) is 0 Å². The molecular weight excluding hydrogens is 484 g/mol. The van der Waals surface area contributed by atoms with Gasteiger partial charge in [-0.3, -0.25) is 14.3 Å². The minimum Gasteiger partial charge on any atom is -0.391 e. The summed E-state index contributed by atoms with van der Waals surface area (Å²) in [6, 6.07) is 20.4. The average molecular weight is 513 g/mol. The smallest absolute Gasteiger partial charge is 0.275 e. The van der Waals surface area contributed by atoms with Crippen LogP contribution in [0.15, 0.2) is 82.7 Å². The van der Waals surface area contributed by atoms with Crippen LogP contribution in [0.25, 0.3) is 0 Å². The highest BCUT2D eigenvalue weighted by Crippen LogP contribution is 2.31. The molecule has 0 bridgehead atoms. The molecule has 12 heteroatoms. The Morgan fingerprint density at radius 2 is 1.58 bits per heavy atom. The zero-order valence-corrected chi connectivity index (χ0v) is 20.4. The van der Waals surface area contributed by atoms with Crippen molar-refractivity contribution in [1.29, 1.82) is 0 Å². The van der Waals surface area contributed by atoms with Gasteiger partial charge in [-0.25, -0.2) is 8.42 Å². The van der Waals surface area contributed by atoms with E-state index in [1.807, 2.05) is 0 Å². The van der Waals surface area contributed by atoms with Crippen LogP contribution in [0.5, 0.6) is 0 Å². The summed E-state index contributed by atoms with van der Waals surface area (Å²) in [5.74, 6) is -0.718. The minimum absolute atomic E-state index is 0.0255. The highest BCUT2D eigenvalue weighted by atomic mass is 32.2. The minimum atomic E-state index is -4.10. The van der Waals surface area contributed by atoms with E-state index in [1.165, 1.54) is 10.6 Å². The lowest BCUT2D eigenvalue weighted by Gasteiger charge is -2.20. The van der Waals surface area contributed by atoms with Gasteiger partial charge < -0.3 is 26.2 Å². The van der Waals surface area contributed by atoms with Crippen molar-refractivity contribution in [1.82, 2.24) is 9.88 Å². The number of carbonyl (C=O) groups is 1. The molecule has 1 heterocycles. The summed E-state index contributed by atoms with van der Waals surface area (Å²) >= 11 is 0. The lowest BCUT2D eigenvalue weighted by atomic mass is 10.0. The van der Waals surface area contributed by atoms with Crippen LogP contribution in [0.2, 0.25) is 0 Å². The zero-order chi connectivity index (χ0) is 26.1. The van der Waals surface area contributed by atoms with Gasteiger partial charge in [-0.1, -0.05) is 60.7 Å². The summed E-state index contributed by atoms with van der Waals surface area (Å²) in [4.78, 5) is 30.3. The first-order valence-electron chi connectivity index (χ1n) is 11.0. The summed E-state index contributed by atoms with van der Waals surface area (Å²) in [5, 5.41) is 4.86. The van der Waals surface area contributed by atoms with E-state index in [1.54, 1.807) is 73.7 Å². The Morgan fingerprint density at radius 3 is 2.14 bits per heavy atom. The molecule has 0 saturated heterocycles. The molecule has 3 aromatic rings. The van der Waals surface area contributed by atoms with E-state index in [2.05, 4.69) is 15.2 Å². The van der Waals surface area contributed by atoms with E-state index in [-0.39, 0.29) is 31.3 Å². The number of hydrogen-bond acceptors (Lipinski definition) is 6. The van der Waals surface area contributed by atoms with E-state index < -0.39 is 26.7 Å². The van der Waals surface area contributed by atoms with E-state index in [0.29, 0.717) is 16.8 Å². The Kier molecular flexibility index (Phi) is 8.68. The molecule has 11 nitrogen and oxygen atoms in total. The summed E-state index contributed by atoms with van der Waals surface area (Å²) in [6.07, 6.45) is 0. The van der Waals surface area contributed by atoms with Gasteiger partial charge in [0.15, 0.2) is 0 Å².